The first kappa shape index (κ1) is 9.65. The molecule has 0 N–H and O–H groups in total. The molecule has 0 fully saturated rings. The van der Waals surface area contributed by atoms with Crippen molar-refractivity contribution in [2.24, 2.45) is 0 Å². The van der Waals surface area contributed by atoms with Crippen molar-refractivity contribution in [2.75, 3.05) is 0 Å². The Morgan fingerprint density at radius 3 is 2.08 bits per heavy atom. The topological polar surface area (TPSA) is 25.8 Å². The summed E-state index contributed by atoms with van der Waals surface area (Å²) >= 11 is 0. The molecule has 68 valence electrons. The molecule has 2 heteroatoms. The average Bonchev–Trinajstić information content (AvgIpc) is 2.11. The molecule has 0 saturated heterocycles. The molecule has 0 aliphatic carbocycles. The number of hydrogen-bond donors (Lipinski definition) is 0. The van der Waals surface area contributed by atoms with E-state index in [9.17, 15) is 0 Å². The first-order chi connectivity index (χ1) is 6.19. The molecular weight excluding hydrogens is 160 g/mol. The number of aryl methyl sites for hydroxylation is 2. The summed E-state index contributed by atoms with van der Waals surface area (Å²) in [5, 5.41) is 0. The van der Waals surface area contributed by atoms with E-state index in [0.29, 0.717) is 0 Å². The van der Waals surface area contributed by atoms with Gasteiger partial charge in [0, 0.05) is 0 Å². The van der Waals surface area contributed by atoms with Gasteiger partial charge in [0.25, 0.3) is 0 Å². The smallest absolute Gasteiger partial charge is 0.0886 e. The molecular formula is C11H14N2. The summed E-state index contributed by atoms with van der Waals surface area (Å²) < 4.78 is 0. The third-order valence-corrected chi connectivity index (χ3v) is 1.88. The summed E-state index contributed by atoms with van der Waals surface area (Å²) in [6.07, 6.45) is 5.62. The minimum atomic E-state index is 0.848. The van der Waals surface area contributed by atoms with Crippen LogP contribution in [0.3, 0.4) is 0 Å². The molecule has 1 aromatic rings. The van der Waals surface area contributed by atoms with E-state index in [-0.39, 0.29) is 0 Å². The molecule has 0 atom stereocenters. The Hall–Kier alpha value is -1.44. The van der Waals surface area contributed by atoms with Gasteiger partial charge in [0.1, 0.15) is 0 Å². The molecule has 0 saturated carbocycles. The fourth-order valence-corrected chi connectivity index (χ4v) is 1.07. The lowest BCUT2D eigenvalue weighted by Gasteiger charge is -2.03. The van der Waals surface area contributed by atoms with E-state index in [2.05, 4.69) is 16.5 Å². The monoisotopic (exact) mass is 174 g/mol. The van der Waals surface area contributed by atoms with Gasteiger partial charge in [0.2, 0.25) is 0 Å². The van der Waals surface area contributed by atoms with Crippen LogP contribution in [0.4, 0.5) is 0 Å². The Morgan fingerprint density at radius 2 is 1.62 bits per heavy atom. The van der Waals surface area contributed by atoms with Crippen molar-refractivity contribution < 1.29 is 0 Å². The average molecular weight is 174 g/mol. The quantitative estimate of drug-likeness (QED) is 0.689. The van der Waals surface area contributed by atoms with Gasteiger partial charge in [-0.05, 0) is 32.9 Å². The van der Waals surface area contributed by atoms with Crippen molar-refractivity contribution in [1.29, 1.82) is 0 Å². The molecule has 1 heterocycles. The number of hydrogen-bond acceptors (Lipinski definition) is 2. The standard InChI is InChI=1S/C11H14N2/c1-5-7-11-10(6-2)12-8(3)9(4)13-11/h5-7H,2H2,1,3-4H3/b7-5-. The number of allylic oxidation sites excluding steroid dienone is 1. The van der Waals surface area contributed by atoms with Gasteiger partial charge in [0.15, 0.2) is 0 Å². The minimum Gasteiger partial charge on any atom is -0.250 e. The first-order valence-electron chi connectivity index (χ1n) is 4.29. The molecule has 13 heavy (non-hydrogen) atoms. The van der Waals surface area contributed by atoms with E-state index in [4.69, 9.17) is 0 Å². The van der Waals surface area contributed by atoms with Crippen molar-refractivity contribution >= 4 is 12.2 Å². The van der Waals surface area contributed by atoms with Gasteiger partial charge in [-0.15, -0.1) is 0 Å². The zero-order valence-corrected chi connectivity index (χ0v) is 8.33. The molecule has 0 amide bonds. The highest BCUT2D eigenvalue weighted by molar-refractivity contribution is 5.58. The second-order valence-electron chi connectivity index (χ2n) is 2.87. The summed E-state index contributed by atoms with van der Waals surface area (Å²) in [4.78, 5) is 8.79. The van der Waals surface area contributed by atoms with Gasteiger partial charge in [-0.25, -0.2) is 9.97 Å². The van der Waals surface area contributed by atoms with Crippen LogP contribution in [-0.2, 0) is 0 Å². The number of nitrogens with zero attached hydrogens (tertiary/aromatic N) is 2. The van der Waals surface area contributed by atoms with Gasteiger partial charge < -0.3 is 0 Å². The first-order valence-corrected chi connectivity index (χ1v) is 4.29. The van der Waals surface area contributed by atoms with Crippen molar-refractivity contribution in [3.8, 4) is 0 Å². The summed E-state index contributed by atoms with van der Waals surface area (Å²) in [5.74, 6) is 0. The predicted molar refractivity (Wildman–Crippen MR) is 56.3 cm³/mol. The lowest BCUT2D eigenvalue weighted by Crippen LogP contribution is -1.98. The Morgan fingerprint density at radius 1 is 1.08 bits per heavy atom. The van der Waals surface area contributed by atoms with Crippen LogP contribution in [0.25, 0.3) is 12.2 Å². The maximum absolute atomic E-state index is 4.41. The van der Waals surface area contributed by atoms with Crippen molar-refractivity contribution in [3.05, 3.63) is 35.4 Å². The van der Waals surface area contributed by atoms with Crippen LogP contribution >= 0.6 is 0 Å². The lowest BCUT2D eigenvalue weighted by atomic mass is 10.2. The Balaban J connectivity index is 3.32. The SMILES string of the molecule is C=Cc1nc(C)c(C)nc1/C=C\C. The summed E-state index contributed by atoms with van der Waals surface area (Å²) in [6, 6.07) is 0. The zero-order valence-electron chi connectivity index (χ0n) is 8.33. The number of rotatable bonds is 2. The van der Waals surface area contributed by atoms with Gasteiger partial charge >= 0.3 is 0 Å². The van der Waals surface area contributed by atoms with Gasteiger partial charge in [0.05, 0.1) is 22.8 Å². The predicted octanol–water partition coefficient (Wildman–Crippen LogP) is 2.77. The van der Waals surface area contributed by atoms with E-state index in [1.54, 1.807) is 6.08 Å². The molecule has 0 bridgehead atoms. The fraction of sp³-hybridized carbons (Fsp3) is 0.273. The maximum atomic E-state index is 4.41. The van der Waals surface area contributed by atoms with Crippen LogP contribution in [-0.4, -0.2) is 9.97 Å². The molecule has 1 rings (SSSR count). The van der Waals surface area contributed by atoms with Crippen LogP contribution in [0.15, 0.2) is 12.7 Å². The van der Waals surface area contributed by atoms with E-state index < -0.39 is 0 Å². The molecule has 0 spiro atoms. The van der Waals surface area contributed by atoms with E-state index in [0.717, 1.165) is 22.8 Å². The van der Waals surface area contributed by atoms with Crippen LogP contribution in [0.5, 0.6) is 0 Å². The van der Waals surface area contributed by atoms with Crippen molar-refractivity contribution in [1.82, 2.24) is 9.97 Å². The maximum Gasteiger partial charge on any atom is 0.0886 e. The van der Waals surface area contributed by atoms with E-state index >= 15 is 0 Å². The second-order valence-corrected chi connectivity index (χ2v) is 2.87. The minimum absolute atomic E-state index is 0.848. The van der Waals surface area contributed by atoms with Crippen LogP contribution < -0.4 is 0 Å². The van der Waals surface area contributed by atoms with Crippen molar-refractivity contribution in [3.63, 3.8) is 0 Å². The van der Waals surface area contributed by atoms with Crippen LogP contribution in [0.2, 0.25) is 0 Å². The van der Waals surface area contributed by atoms with Gasteiger partial charge in [-0.1, -0.05) is 12.7 Å². The van der Waals surface area contributed by atoms with E-state index in [1.807, 2.05) is 32.9 Å². The normalized spacial score (nSPS) is 10.7. The molecule has 2 nitrogen and oxygen atoms in total. The highest BCUT2D eigenvalue weighted by Gasteiger charge is 2.02. The summed E-state index contributed by atoms with van der Waals surface area (Å²) in [7, 11) is 0. The molecule has 1 aromatic heterocycles. The van der Waals surface area contributed by atoms with Crippen LogP contribution in [0, 0.1) is 13.8 Å². The Bertz CT molecular complexity index is 351. The summed E-state index contributed by atoms with van der Waals surface area (Å²) in [6.45, 7) is 9.58. The highest BCUT2D eigenvalue weighted by atomic mass is 14.8. The molecule has 0 aromatic carbocycles. The lowest BCUT2D eigenvalue weighted by molar-refractivity contribution is 1.02. The third kappa shape index (κ3) is 2.02. The van der Waals surface area contributed by atoms with Crippen LogP contribution in [0.1, 0.15) is 29.7 Å². The summed E-state index contributed by atoms with van der Waals surface area (Å²) in [5.41, 5.74) is 3.67. The fourth-order valence-electron chi connectivity index (χ4n) is 1.07. The van der Waals surface area contributed by atoms with Gasteiger partial charge in [-0.3, -0.25) is 0 Å². The second kappa shape index (κ2) is 3.99. The highest BCUT2D eigenvalue weighted by Crippen LogP contribution is 2.10. The van der Waals surface area contributed by atoms with Gasteiger partial charge in [-0.2, -0.15) is 0 Å². The third-order valence-electron chi connectivity index (χ3n) is 1.88. The number of aromatic nitrogens is 2. The Kier molecular flexibility index (Phi) is 2.96. The largest absolute Gasteiger partial charge is 0.250 e. The molecule has 0 aliphatic rings. The zero-order chi connectivity index (χ0) is 9.84. The van der Waals surface area contributed by atoms with E-state index in [1.165, 1.54) is 0 Å². The van der Waals surface area contributed by atoms with Crippen molar-refractivity contribution in [2.45, 2.75) is 20.8 Å². The molecule has 0 unspecified atom stereocenters. The Labute approximate surface area is 79.0 Å². The molecule has 0 aliphatic heterocycles. The molecule has 0 radical (unpaired) electrons.